The number of benzene rings is 2. The van der Waals surface area contributed by atoms with Gasteiger partial charge in [0.05, 0.1) is 26.7 Å². The molecule has 182 valence electrons. The van der Waals surface area contributed by atoms with Gasteiger partial charge in [-0.15, -0.1) is 0 Å². The number of ether oxygens (including phenoxy) is 1. The zero-order chi connectivity index (χ0) is 26.0. The molecule has 3 aromatic rings. The van der Waals surface area contributed by atoms with Gasteiger partial charge in [0, 0.05) is 12.1 Å². The normalized spacial score (nSPS) is 10.6. The van der Waals surface area contributed by atoms with Crippen molar-refractivity contribution in [1.82, 2.24) is 9.78 Å². The second-order valence-electron chi connectivity index (χ2n) is 7.76. The van der Waals surface area contributed by atoms with Crippen LogP contribution in [0.1, 0.15) is 22.4 Å². The highest BCUT2D eigenvalue weighted by molar-refractivity contribution is 5.91. The van der Waals surface area contributed by atoms with Crippen molar-refractivity contribution in [1.29, 1.82) is 0 Å². The molecule has 0 fully saturated rings. The molecular formula is C21H20N6O8. The number of aryl methyl sites for hydroxylation is 2. The van der Waals surface area contributed by atoms with Crippen LogP contribution in [-0.2, 0) is 11.3 Å². The van der Waals surface area contributed by atoms with Crippen LogP contribution in [0.2, 0.25) is 0 Å². The average molecular weight is 484 g/mol. The summed E-state index contributed by atoms with van der Waals surface area (Å²) < 4.78 is 6.69. The Bertz CT molecular complexity index is 1380. The number of hydrogen-bond donors (Lipinski definition) is 1. The number of rotatable bonds is 8. The summed E-state index contributed by atoms with van der Waals surface area (Å²) in [6, 6.07) is 7.44. The van der Waals surface area contributed by atoms with E-state index >= 15 is 0 Å². The van der Waals surface area contributed by atoms with E-state index in [2.05, 4.69) is 10.4 Å². The number of carbonyl (C=O) groups is 1. The highest BCUT2D eigenvalue weighted by Gasteiger charge is 2.35. The van der Waals surface area contributed by atoms with Gasteiger partial charge in [-0.1, -0.05) is 6.07 Å². The lowest BCUT2D eigenvalue weighted by molar-refractivity contribution is -0.424. The standard InChI is InChI=1S/C21H20N6O8/c1-11-5-12(2)13(3)18(6-11)35-17-8-15(7-16(9-17)25(29)30)22-19(28)10-24-14(4)20(26(31)32)21(23-24)27(33)34/h5-9H,10H2,1-4H3,(H,22,28). The lowest BCUT2D eigenvalue weighted by Crippen LogP contribution is -2.20. The molecule has 0 bridgehead atoms. The summed E-state index contributed by atoms with van der Waals surface area (Å²) >= 11 is 0. The van der Waals surface area contributed by atoms with Gasteiger partial charge in [-0.3, -0.25) is 25.0 Å². The third kappa shape index (κ3) is 5.38. The molecule has 2 aromatic carbocycles. The van der Waals surface area contributed by atoms with E-state index in [4.69, 9.17) is 4.74 Å². The van der Waals surface area contributed by atoms with Gasteiger partial charge in [-0.2, -0.15) is 4.68 Å². The summed E-state index contributed by atoms with van der Waals surface area (Å²) in [4.78, 5) is 43.6. The molecule has 3 rings (SSSR count). The lowest BCUT2D eigenvalue weighted by Gasteiger charge is -2.13. The molecule has 14 nitrogen and oxygen atoms in total. The van der Waals surface area contributed by atoms with Gasteiger partial charge in [0.15, 0.2) is 0 Å². The molecule has 0 aliphatic heterocycles. The molecule has 14 heteroatoms. The first-order valence-corrected chi connectivity index (χ1v) is 10.1. The quantitative estimate of drug-likeness (QED) is 0.360. The van der Waals surface area contributed by atoms with Crippen LogP contribution < -0.4 is 10.1 Å². The predicted octanol–water partition coefficient (Wildman–Crippen LogP) is 4.27. The number of nitrogens with one attached hydrogen (secondary N) is 1. The third-order valence-electron chi connectivity index (χ3n) is 5.18. The summed E-state index contributed by atoms with van der Waals surface area (Å²) in [5.41, 5.74) is 1.40. The maximum Gasteiger partial charge on any atom is 0.468 e. The second-order valence-corrected chi connectivity index (χ2v) is 7.76. The van der Waals surface area contributed by atoms with Gasteiger partial charge in [0.1, 0.15) is 23.7 Å². The SMILES string of the molecule is Cc1cc(C)c(C)c(Oc2cc(NC(=O)Cn3nc([N+](=O)[O-])c([N+](=O)[O-])c3C)cc([N+](=O)[O-])c2)c1. The Balaban J connectivity index is 1.89. The molecular weight excluding hydrogens is 464 g/mol. The Morgan fingerprint density at radius 2 is 1.66 bits per heavy atom. The lowest BCUT2D eigenvalue weighted by atomic mass is 10.1. The van der Waals surface area contributed by atoms with Gasteiger partial charge in [0.25, 0.3) is 5.69 Å². The van der Waals surface area contributed by atoms with E-state index in [1.807, 2.05) is 26.8 Å². The summed E-state index contributed by atoms with van der Waals surface area (Å²) in [5.74, 6) is -1.17. The number of nitrogens with zero attached hydrogens (tertiary/aromatic N) is 5. The fraction of sp³-hybridized carbons (Fsp3) is 0.238. The van der Waals surface area contributed by atoms with Crippen LogP contribution in [0.4, 0.5) is 22.9 Å². The zero-order valence-corrected chi connectivity index (χ0v) is 19.1. The number of anilines is 1. The van der Waals surface area contributed by atoms with Crippen LogP contribution in [-0.4, -0.2) is 30.5 Å². The molecule has 0 aliphatic carbocycles. The number of aromatic nitrogens is 2. The first-order valence-electron chi connectivity index (χ1n) is 10.1. The Morgan fingerprint density at radius 3 is 2.23 bits per heavy atom. The van der Waals surface area contributed by atoms with E-state index in [0.29, 0.717) is 5.75 Å². The van der Waals surface area contributed by atoms with Gasteiger partial charge in [-0.05, 0) is 55.4 Å². The minimum absolute atomic E-state index is 0.0232. The second kappa shape index (κ2) is 9.54. The molecule has 1 heterocycles. The molecule has 0 saturated heterocycles. The largest absolute Gasteiger partial charge is 0.468 e. The summed E-state index contributed by atoms with van der Waals surface area (Å²) in [5, 5.41) is 39.6. The number of nitro groups is 3. The molecule has 0 atom stereocenters. The van der Waals surface area contributed by atoms with Gasteiger partial charge < -0.3 is 20.2 Å². The Hall–Kier alpha value is -4.88. The minimum atomic E-state index is -1.02. The fourth-order valence-electron chi connectivity index (χ4n) is 3.40. The van der Waals surface area contributed by atoms with Crippen molar-refractivity contribution in [2.45, 2.75) is 34.2 Å². The first kappa shape index (κ1) is 24.8. The molecule has 1 N–H and O–H groups in total. The van der Waals surface area contributed by atoms with E-state index in [-0.39, 0.29) is 22.8 Å². The van der Waals surface area contributed by atoms with Crippen molar-refractivity contribution in [2.75, 3.05) is 5.32 Å². The maximum atomic E-state index is 12.6. The van der Waals surface area contributed by atoms with Crippen LogP contribution in [0.5, 0.6) is 11.5 Å². The molecule has 0 spiro atoms. The Morgan fingerprint density at radius 1 is 0.971 bits per heavy atom. The average Bonchev–Trinajstić information content (AvgIpc) is 3.07. The van der Waals surface area contributed by atoms with Gasteiger partial charge >= 0.3 is 11.5 Å². The van der Waals surface area contributed by atoms with Crippen molar-refractivity contribution in [2.24, 2.45) is 0 Å². The smallest absolute Gasteiger partial charge is 0.457 e. The molecule has 0 saturated carbocycles. The maximum absolute atomic E-state index is 12.6. The van der Waals surface area contributed by atoms with Crippen molar-refractivity contribution in [3.8, 4) is 11.5 Å². The summed E-state index contributed by atoms with van der Waals surface area (Å²) in [6.45, 7) is 6.24. The summed E-state index contributed by atoms with van der Waals surface area (Å²) in [7, 11) is 0. The number of carbonyl (C=O) groups excluding carboxylic acids is 1. The number of nitro benzene ring substituents is 1. The van der Waals surface area contributed by atoms with Crippen molar-refractivity contribution < 1.29 is 24.3 Å². The van der Waals surface area contributed by atoms with E-state index < -0.39 is 38.7 Å². The van der Waals surface area contributed by atoms with Gasteiger partial charge in [-0.25, -0.2) is 0 Å². The van der Waals surface area contributed by atoms with Gasteiger partial charge in [0.2, 0.25) is 5.91 Å². The van der Waals surface area contributed by atoms with E-state index in [1.165, 1.54) is 19.1 Å². The molecule has 1 aromatic heterocycles. The molecule has 0 radical (unpaired) electrons. The number of non-ortho nitro benzene ring substituents is 1. The van der Waals surface area contributed by atoms with Crippen LogP contribution in [0, 0.1) is 58.0 Å². The number of amides is 1. The summed E-state index contributed by atoms with van der Waals surface area (Å²) in [6.07, 6.45) is 0. The predicted molar refractivity (Wildman–Crippen MR) is 123 cm³/mol. The molecule has 0 unspecified atom stereocenters. The first-order chi connectivity index (χ1) is 16.4. The van der Waals surface area contributed by atoms with Crippen molar-refractivity contribution in [3.05, 3.63) is 83.1 Å². The third-order valence-corrected chi connectivity index (χ3v) is 5.18. The van der Waals surface area contributed by atoms with Crippen LogP contribution in [0.25, 0.3) is 0 Å². The highest BCUT2D eigenvalue weighted by Crippen LogP contribution is 2.33. The van der Waals surface area contributed by atoms with Crippen molar-refractivity contribution >= 4 is 28.8 Å². The zero-order valence-electron chi connectivity index (χ0n) is 19.1. The highest BCUT2D eigenvalue weighted by atomic mass is 16.6. The van der Waals surface area contributed by atoms with E-state index in [9.17, 15) is 35.1 Å². The van der Waals surface area contributed by atoms with Crippen molar-refractivity contribution in [3.63, 3.8) is 0 Å². The monoisotopic (exact) mass is 484 g/mol. The fourth-order valence-corrected chi connectivity index (χ4v) is 3.40. The van der Waals surface area contributed by atoms with Crippen LogP contribution >= 0.6 is 0 Å². The van der Waals surface area contributed by atoms with Crippen LogP contribution in [0.15, 0.2) is 30.3 Å². The number of hydrogen-bond acceptors (Lipinski definition) is 9. The Kier molecular flexibility index (Phi) is 6.75. The molecule has 35 heavy (non-hydrogen) atoms. The molecule has 0 aliphatic rings. The topological polar surface area (TPSA) is 186 Å². The van der Waals surface area contributed by atoms with Crippen LogP contribution in [0.3, 0.4) is 0 Å². The minimum Gasteiger partial charge on any atom is -0.457 e. The Labute approximate surface area is 197 Å². The van der Waals surface area contributed by atoms with E-state index in [1.54, 1.807) is 6.07 Å². The molecule has 1 amide bonds. The van der Waals surface area contributed by atoms with E-state index in [0.717, 1.165) is 27.4 Å².